The lowest BCUT2D eigenvalue weighted by atomic mass is 10.1. The molecule has 1 aromatic rings. The maximum absolute atomic E-state index is 11.9. The number of unbranched alkanes of at least 4 members (excludes halogenated alkanes) is 10. The van der Waals surface area contributed by atoms with Crippen LogP contribution >= 0.6 is 11.6 Å². The maximum atomic E-state index is 11.9. The van der Waals surface area contributed by atoms with Crippen molar-refractivity contribution in [3.05, 3.63) is 29.3 Å². The van der Waals surface area contributed by atoms with Crippen LogP contribution in [0.3, 0.4) is 0 Å². The fraction of sp³-hybridized carbons (Fsp3) is 0.741. The molecule has 184 valence electrons. The minimum Gasteiger partial charge on any atom is -0.493 e. The minimum absolute atomic E-state index is 0.0500. The number of hydrogen-bond donors (Lipinski definition) is 0. The van der Waals surface area contributed by atoms with Crippen molar-refractivity contribution < 1.29 is 14.3 Å². The minimum atomic E-state index is 0.0500. The number of ether oxygens (including phenoxy) is 2. The summed E-state index contributed by atoms with van der Waals surface area (Å²) >= 11 is 5.62. The van der Waals surface area contributed by atoms with Crippen LogP contribution in [0.4, 0.5) is 0 Å². The zero-order valence-corrected chi connectivity index (χ0v) is 21.6. The van der Waals surface area contributed by atoms with Gasteiger partial charge in [-0.25, -0.2) is 0 Å². The van der Waals surface area contributed by atoms with E-state index >= 15 is 0 Å². The molecule has 32 heavy (non-hydrogen) atoms. The molecule has 0 N–H and O–H groups in total. The molecule has 0 fully saturated rings. The summed E-state index contributed by atoms with van der Waals surface area (Å²) in [7, 11) is 0. The van der Waals surface area contributed by atoms with Gasteiger partial charge in [-0.3, -0.25) is 4.79 Å². The summed E-state index contributed by atoms with van der Waals surface area (Å²) < 4.78 is 11.4. The number of carbonyl (C=O) groups excluding carboxylic acids is 1. The number of hydrogen-bond acceptors (Lipinski definition) is 3. The second kappa shape index (κ2) is 19.2. The van der Waals surface area contributed by atoms with E-state index in [1.165, 1.54) is 64.2 Å². The van der Waals surface area contributed by atoms with E-state index < -0.39 is 0 Å². The molecule has 1 amide bonds. The van der Waals surface area contributed by atoms with Gasteiger partial charge in [0.15, 0.2) is 0 Å². The van der Waals surface area contributed by atoms with Gasteiger partial charge in [-0.1, -0.05) is 83.3 Å². The standard InChI is InChI=1S/C27H46ClNO3/c1-4-5-6-7-8-9-10-11-12-13-14-19-32-27-16-15-26(22-24(27)2)23-29(25(3)30)18-21-31-20-17-28/h15-16,22H,4-14,17-21,23H2,1-3H3. The van der Waals surface area contributed by atoms with Gasteiger partial charge in [-0.05, 0) is 30.5 Å². The number of amides is 1. The summed E-state index contributed by atoms with van der Waals surface area (Å²) in [6.07, 6.45) is 14.7. The Balaban J connectivity index is 2.21. The molecular formula is C27H46ClNO3. The Morgan fingerprint density at radius 2 is 1.53 bits per heavy atom. The van der Waals surface area contributed by atoms with E-state index in [1.54, 1.807) is 11.8 Å². The summed E-state index contributed by atoms with van der Waals surface area (Å²) in [4.78, 5) is 13.7. The van der Waals surface area contributed by atoms with Crippen LogP contribution in [-0.2, 0) is 16.1 Å². The van der Waals surface area contributed by atoms with Crippen molar-refractivity contribution in [2.24, 2.45) is 0 Å². The van der Waals surface area contributed by atoms with Gasteiger partial charge < -0.3 is 14.4 Å². The van der Waals surface area contributed by atoms with Gasteiger partial charge in [0.1, 0.15) is 5.75 Å². The lowest BCUT2D eigenvalue weighted by molar-refractivity contribution is -0.130. The van der Waals surface area contributed by atoms with E-state index in [4.69, 9.17) is 21.1 Å². The highest BCUT2D eigenvalue weighted by atomic mass is 35.5. The second-order valence-corrected chi connectivity index (χ2v) is 9.10. The Morgan fingerprint density at radius 1 is 0.906 bits per heavy atom. The smallest absolute Gasteiger partial charge is 0.219 e. The average molecular weight is 468 g/mol. The lowest BCUT2D eigenvalue weighted by Gasteiger charge is -2.21. The number of benzene rings is 1. The van der Waals surface area contributed by atoms with E-state index in [1.807, 2.05) is 6.07 Å². The summed E-state index contributed by atoms with van der Waals surface area (Å²) in [6, 6.07) is 6.20. The quantitative estimate of drug-likeness (QED) is 0.149. The Morgan fingerprint density at radius 3 is 2.09 bits per heavy atom. The van der Waals surface area contributed by atoms with E-state index in [0.717, 1.165) is 29.9 Å². The van der Waals surface area contributed by atoms with Crippen LogP contribution in [0.1, 0.15) is 95.6 Å². The summed E-state index contributed by atoms with van der Waals surface area (Å²) in [5.74, 6) is 1.47. The number of alkyl halides is 1. The van der Waals surface area contributed by atoms with Crippen molar-refractivity contribution >= 4 is 17.5 Å². The van der Waals surface area contributed by atoms with Gasteiger partial charge in [0.2, 0.25) is 5.91 Å². The number of nitrogens with zero attached hydrogens (tertiary/aromatic N) is 1. The van der Waals surface area contributed by atoms with E-state index in [0.29, 0.717) is 32.2 Å². The van der Waals surface area contributed by atoms with Crippen LogP contribution in [0.2, 0.25) is 0 Å². The first-order valence-electron chi connectivity index (χ1n) is 12.7. The molecule has 0 unspecified atom stereocenters. The first-order valence-corrected chi connectivity index (χ1v) is 13.2. The Hall–Kier alpha value is -1.26. The average Bonchev–Trinajstić information content (AvgIpc) is 2.77. The first kappa shape index (κ1) is 28.8. The molecular weight excluding hydrogens is 422 g/mol. The highest BCUT2D eigenvalue weighted by Crippen LogP contribution is 2.21. The van der Waals surface area contributed by atoms with Crippen LogP contribution < -0.4 is 4.74 Å². The van der Waals surface area contributed by atoms with E-state index in [2.05, 4.69) is 26.0 Å². The van der Waals surface area contributed by atoms with Crippen molar-refractivity contribution in [1.82, 2.24) is 4.90 Å². The predicted octanol–water partition coefficient (Wildman–Crippen LogP) is 7.29. The molecule has 0 radical (unpaired) electrons. The van der Waals surface area contributed by atoms with Crippen molar-refractivity contribution in [2.75, 3.05) is 32.2 Å². The van der Waals surface area contributed by atoms with Gasteiger partial charge in [0.25, 0.3) is 0 Å². The van der Waals surface area contributed by atoms with Gasteiger partial charge in [-0.15, -0.1) is 11.6 Å². The molecule has 0 aliphatic carbocycles. The molecule has 0 aliphatic rings. The Bertz CT molecular complexity index is 609. The molecule has 1 aromatic carbocycles. The van der Waals surface area contributed by atoms with Crippen LogP contribution in [0.15, 0.2) is 18.2 Å². The molecule has 0 aliphatic heterocycles. The van der Waals surface area contributed by atoms with E-state index in [-0.39, 0.29) is 5.91 Å². The topological polar surface area (TPSA) is 38.8 Å². The van der Waals surface area contributed by atoms with E-state index in [9.17, 15) is 4.79 Å². The molecule has 0 spiro atoms. The van der Waals surface area contributed by atoms with Crippen LogP contribution in [0.5, 0.6) is 5.75 Å². The normalized spacial score (nSPS) is 11.0. The van der Waals surface area contributed by atoms with Crippen molar-refractivity contribution in [1.29, 1.82) is 0 Å². The SMILES string of the molecule is CCCCCCCCCCCCCOc1ccc(CN(CCOCCCl)C(C)=O)cc1C. The Kier molecular flexibility index (Phi) is 17.3. The molecule has 0 saturated heterocycles. The number of rotatable bonds is 20. The molecule has 0 heterocycles. The summed E-state index contributed by atoms with van der Waals surface area (Å²) in [6.45, 7) is 8.88. The maximum Gasteiger partial charge on any atom is 0.219 e. The molecule has 0 bridgehead atoms. The van der Waals surface area contributed by atoms with Crippen LogP contribution in [0.25, 0.3) is 0 Å². The lowest BCUT2D eigenvalue weighted by Crippen LogP contribution is -2.31. The van der Waals surface area contributed by atoms with Gasteiger partial charge in [0, 0.05) is 25.9 Å². The third-order valence-electron chi connectivity index (χ3n) is 5.79. The van der Waals surface area contributed by atoms with Crippen molar-refractivity contribution in [3.63, 3.8) is 0 Å². The van der Waals surface area contributed by atoms with Crippen molar-refractivity contribution in [2.45, 2.75) is 97.9 Å². The van der Waals surface area contributed by atoms with Crippen LogP contribution in [0, 0.1) is 6.92 Å². The molecule has 5 heteroatoms. The van der Waals surface area contributed by atoms with Crippen LogP contribution in [-0.4, -0.2) is 43.1 Å². The number of aryl methyl sites for hydroxylation is 1. The fourth-order valence-electron chi connectivity index (χ4n) is 3.82. The third kappa shape index (κ3) is 14.0. The summed E-state index contributed by atoms with van der Waals surface area (Å²) in [5, 5.41) is 0. The number of halogens is 1. The van der Waals surface area contributed by atoms with Gasteiger partial charge in [-0.2, -0.15) is 0 Å². The van der Waals surface area contributed by atoms with Gasteiger partial charge >= 0.3 is 0 Å². The molecule has 1 rings (SSSR count). The molecule has 0 atom stereocenters. The zero-order chi connectivity index (χ0) is 23.4. The molecule has 4 nitrogen and oxygen atoms in total. The highest BCUT2D eigenvalue weighted by molar-refractivity contribution is 6.17. The third-order valence-corrected chi connectivity index (χ3v) is 5.94. The fourth-order valence-corrected chi connectivity index (χ4v) is 3.93. The second-order valence-electron chi connectivity index (χ2n) is 8.73. The van der Waals surface area contributed by atoms with Gasteiger partial charge in [0.05, 0.1) is 19.8 Å². The highest BCUT2D eigenvalue weighted by Gasteiger charge is 2.10. The monoisotopic (exact) mass is 467 g/mol. The molecule has 0 aromatic heterocycles. The zero-order valence-electron chi connectivity index (χ0n) is 20.8. The largest absolute Gasteiger partial charge is 0.493 e. The summed E-state index contributed by atoms with van der Waals surface area (Å²) in [5.41, 5.74) is 2.23. The molecule has 0 saturated carbocycles. The number of carbonyl (C=O) groups is 1. The first-order chi connectivity index (χ1) is 15.6. The predicted molar refractivity (Wildman–Crippen MR) is 136 cm³/mol. The Labute approximate surface area is 202 Å². The van der Waals surface area contributed by atoms with Crippen molar-refractivity contribution in [3.8, 4) is 5.75 Å².